The van der Waals surface area contributed by atoms with Gasteiger partial charge in [-0.15, -0.1) is 0 Å². The number of hydrogen-bond acceptors (Lipinski definition) is 6. The number of likely N-dealkylation sites (N-methyl/N-ethyl adjacent to an activating group) is 1. The summed E-state index contributed by atoms with van der Waals surface area (Å²) in [6.45, 7) is 1.31. The highest BCUT2D eigenvalue weighted by Crippen LogP contribution is 2.31. The number of nitrogens with zero attached hydrogens (tertiary/aromatic N) is 3. The number of carbonyl (C=O) groups is 1. The normalized spacial score (nSPS) is 18.2. The Morgan fingerprint density at radius 3 is 3.00 bits per heavy atom. The van der Waals surface area contributed by atoms with Gasteiger partial charge in [0.1, 0.15) is 5.69 Å². The van der Waals surface area contributed by atoms with Crippen LogP contribution in [0.2, 0.25) is 0 Å². The van der Waals surface area contributed by atoms with Crippen LogP contribution in [0.4, 0.5) is 15.8 Å². The predicted octanol–water partition coefficient (Wildman–Crippen LogP) is 0.955. The number of hydrogen-bond donors (Lipinski definition) is 1. The van der Waals surface area contributed by atoms with E-state index in [0.717, 1.165) is 6.07 Å². The molecule has 1 unspecified atom stereocenters. The minimum Gasteiger partial charge on any atom is -0.480 e. The van der Waals surface area contributed by atoms with Gasteiger partial charge in [-0.1, -0.05) is 6.07 Å². The van der Waals surface area contributed by atoms with Crippen LogP contribution in [0.25, 0.3) is 0 Å². The highest BCUT2D eigenvalue weighted by Gasteiger charge is 2.29. The van der Waals surface area contributed by atoms with E-state index < -0.39 is 22.4 Å². The molecule has 0 amide bonds. The van der Waals surface area contributed by atoms with Crippen molar-refractivity contribution in [2.24, 2.45) is 0 Å². The summed E-state index contributed by atoms with van der Waals surface area (Å²) in [6.07, 6.45) is -0.309. The Hall–Kier alpha value is -2.26. The Kier molecular flexibility index (Phi) is 5.45. The van der Waals surface area contributed by atoms with E-state index in [9.17, 15) is 19.3 Å². The summed E-state index contributed by atoms with van der Waals surface area (Å²) in [5.41, 5.74) is -0.337. The fourth-order valence-electron chi connectivity index (χ4n) is 2.63. The lowest BCUT2D eigenvalue weighted by Gasteiger charge is -2.35. The van der Waals surface area contributed by atoms with Crippen molar-refractivity contribution in [3.05, 3.63) is 34.1 Å². The molecule has 1 aromatic rings. The zero-order chi connectivity index (χ0) is 17.0. The van der Waals surface area contributed by atoms with E-state index in [1.165, 1.54) is 12.1 Å². The largest absolute Gasteiger partial charge is 0.480 e. The highest BCUT2D eigenvalue weighted by molar-refractivity contribution is 5.69. The third-order valence-electron chi connectivity index (χ3n) is 3.55. The number of nitro groups is 1. The first-order valence-electron chi connectivity index (χ1n) is 7.08. The summed E-state index contributed by atoms with van der Waals surface area (Å²) >= 11 is 0. The molecule has 1 aliphatic rings. The average molecular weight is 327 g/mol. The first-order chi connectivity index (χ1) is 10.9. The van der Waals surface area contributed by atoms with E-state index >= 15 is 0 Å². The Morgan fingerprint density at radius 1 is 1.61 bits per heavy atom. The lowest BCUT2D eigenvalue weighted by atomic mass is 10.2. The van der Waals surface area contributed by atoms with Crippen LogP contribution in [-0.2, 0) is 9.53 Å². The van der Waals surface area contributed by atoms with Crippen molar-refractivity contribution in [1.29, 1.82) is 0 Å². The second-order valence-electron chi connectivity index (χ2n) is 5.39. The number of nitro benzene ring substituents is 1. The van der Waals surface area contributed by atoms with Crippen molar-refractivity contribution in [3.63, 3.8) is 0 Å². The number of carboxylic acid groups (broad SMARTS) is 1. The number of ether oxygens (including phenoxy) is 1. The van der Waals surface area contributed by atoms with Crippen molar-refractivity contribution in [2.75, 3.05) is 44.7 Å². The van der Waals surface area contributed by atoms with Gasteiger partial charge >= 0.3 is 11.7 Å². The molecule has 2 rings (SSSR count). The molecule has 1 fully saturated rings. The molecule has 1 heterocycles. The molecule has 0 aromatic heterocycles. The Bertz CT molecular complexity index is 598. The SMILES string of the molecule is CN(CC(=O)O)CC1CN(c2cccc(F)c2[N+](=O)[O-])CCO1. The van der Waals surface area contributed by atoms with E-state index in [1.54, 1.807) is 16.8 Å². The molecule has 126 valence electrons. The number of anilines is 1. The van der Waals surface area contributed by atoms with Gasteiger partial charge in [-0.2, -0.15) is 4.39 Å². The summed E-state index contributed by atoms with van der Waals surface area (Å²) < 4.78 is 19.3. The van der Waals surface area contributed by atoms with Crippen molar-refractivity contribution in [3.8, 4) is 0 Å². The molecule has 1 atom stereocenters. The van der Waals surface area contributed by atoms with E-state index in [-0.39, 0.29) is 18.3 Å². The molecule has 23 heavy (non-hydrogen) atoms. The Morgan fingerprint density at radius 2 is 2.35 bits per heavy atom. The highest BCUT2D eigenvalue weighted by atomic mass is 19.1. The second kappa shape index (κ2) is 7.34. The molecule has 0 spiro atoms. The maximum Gasteiger partial charge on any atom is 0.327 e. The summed E-state index contributed by atoms with van der Waals surface area (Å²) in [7, 11) is 1.65. The number of halogens is 1. The van der Waals surface area contributed by atoms with E-state index in [4.69, 9.17) is 9.84 Å². The molecular formula is C14H18FN3O5. The standard InChI is InChI=1S/C14H18FN3O5/c1-16(9-13(19)20)7-10-8-17(5-6-23-10)12-4-2-3-11(15)14(12)18(21)22/h2-4,10H,5-9H2,1H3,(H,19,20). The van der Waals surface area contributed by atoms with Gasteiger partial charge in [0.15, 0.2) is 0 Å². The monoisotopic (exact) mass is 327 g/mol. The maximum atomic E-state index is 13.7. The first-order valence-corrected chi connectivity index (χ1v) is 7.08. The van der Waals surface area contributed by atoms with E-state index in [2.05, 4.69) is 0 Å². The summed E-state index contributed by atoms with van der Waals surface area (Å²) in [5, 5.41) is 19.9. The van der Waals surface area contributed by atoms with Crippen molar-refractivity contribution in [1.82, 2.24) is 4.90 Å². The van der Waals surface area contributed by atoms with Crippen LogP contribution >= 0.6 is 0 Å². The van der Waals surface area contributed by atoms with E-state index in [1.807, 2.05) is 0 Å². The average Bonchev–Trinajstić information content (AvgIpc) is 2.45. The van der Waals surface area contributed by atoms with Gasteiger partial charge in [0.05, 0.1) is 24.2 Å². The number of carboxylic acids is 1. The van der Waals surface area contributed by atoms with Crippen LogP contribution in [0.5, 0.6) is 0 Å². The van der Waals surface area contributed by atoms with Gasteiger partial charge in [0, 0.05) is 19.6 Å². The van der Waals surface area contributed by atoms with Crippen LogP contribution in [-0.4, -0.2) is 66.8 Å². The lowest BCUT2D eigenvalue weighted by Crippen LogP contribution is -2.47. The zero-order valence-corrected chi connectivity index (χ0v) is 12.6. The van der Waals surface area contributed by atoms with Crippen molar-refractivity contribution in [2.45, 2.75) is 6.10 Å². The van der Waals surface area contributed by atoms with Crippen LogP contribution in [0.15, 0.2) is 18.2 Å². The molecule has 0 bridgehead atoms. The number of para-hydroxylation sites is 1. The molecule has 8 nitrogen and oxygen atoms in total. The predicted molar refractivity (Wildman–Crippen MR) is 80.1 cm³/mol. The molecule has 0 saturated carbocycles. The van der Waals surface area contributed by atoms with Gasteiger partial charge < -0.3 is 14.7 Å². The molecule has 9 heteroatoms. The third kappa shape index (κ3) is 4.36. The number of benzene rings is 1. The molecule has 1 N–H and O–H groups in total. The van der Waals surface area contributed by atoms with E-state index in [0.29, 0.717) is 26.2 Å². The number of morpholine rings is 1. The molecule has 0 radical (unpaired) electrons. The molecular weight excluding hydrogens is 309 g/mol. The van der Waals surface area contributed by atoms with Gasteiger partial charge in [-0.25, -0.2) is 0 Å². The second-order valence-corrected chi connectivity index (χ2v) is 5.39. The van der Waals surface area contributed by atoms with Crippen LogP contribution in [0, 0.1) is 15.9 Å². The van der Waals surface area contributed by atoms with Crippen LogP contribution in [0.3, 0.4) is 0 Å². The minimum absolute atomic E-state index is 0.125. The number of aliphatic carboxylic acids is 1. The molecule has 1 aromatic carbocycles. The van der Waals surface area contributed by atoms with Gasteiger partial charge in [-0.05, 0) is 19.2 Å². The van der Waals surface area contributed by atoms with Crippen molar-refractivity contribution >= 4 is 17.3 Å². The minimum atomic E-state index is -0.944. The fourth-order valence-corrected chi connectivity index (χ4v) is 2.63. The summed E-state index contributed by atoms with van der Waals surface area (Å²) in [6, 6.07) is 3.99. The molecule has 0 aliphatic carbocycles. The zero-order valence-electron chi connectivity index (χ0n) is 12.6. The third-order valence-corrected chi connectivity index (χ3v) is 3.55. The molecule has 1 aliphatic heterocycles. The van der Waals surface area contributed by atoms with Gasteiger partial charge in [0.2, 0.25) is 5.82 Å². The van der Waals surface area contributed by atoms with Gasteiger partial charge in [-0.3, -0.25) is 19.8 Å². The number of rotatable bonds is 6. The first kappa shape index (κ1) is 17.1. The van der Waals surface area contributed by atoms with Crippen molar-refractivity contribution < 1.29 is 24.0 Å². The molecule has 1 saturated heterocycles. The summed E-state index contributed by atoms with van der Waals surface area (Å²) in [5.74, 6) is -1.82. The maximum absolute atomic E-state index is 13.7. The lowest BCUT2D eigenvalue weighted by molar-refractivity contribution is -0.386. The topological polar surface area (TPSA) is 96.2 Å². The van der Waals surface area contributed by atoms with Crippen LogP contribution in [0.1, 0.15) is 0 Å². The van der Waals surface area contributed by atoms with Crippen LogP contribution < -0.4 is 4.90 Å². The smallest absolute Gasteiger partial charge is 0.327 e. The Balaban J connectivity index is 2.11. The van der Waals surface area contributed by atoms with Gasteiger partial charge in [0.25, 0.3) is 0 Å². The Labute approximate surface area is 132 Å². The fraction of sp³-hybridized carbons (Fsp3) is 0.500. The quantitative estimate of drug-likeness (QED) is 0.614. The summed E-state index contributed by atoms with van der Waals surface area (Å²) in [4.78, 5) is 24.3.